The van der Waals surface area contributed by atoms with Crippen LogP contribution in [0, 0.1) is 11.6 Å². The summed E-state index contributed by atoms with van der Waals surface area (Å²) in [7, 11) is 0. The number of H-pyrrole nitrogens is 1. The summed E-state index contributed by atoms with van der Waals surface area (Å²) < 4.78 is 27.4. The van der Waals surface area contributed by atoms with Crippen LogP contribution in [0.3, 0.4) is 0 Å². The fourth-order valence-corrected chi connectivity index (χ4v) is 2.27. The van der Waals surface area contributed by atoms with Gasteiger partial charge in [0.2, 0.25) is 0 Å². The van der Waals surface area contributed by atoms with E-state index in [-0.39, 0.29) is 34.3 Å². The summed E-state index contributed by atoms with van der Waals surface area (Å²) in [6, 6.07) is 7.34. The molecule has 0 spiro atoms. The third kappa shape index (κ3) is 2.80. The number of carboxylic acid groups (broad SMARTS) is 1. The lowest BCUT2D eigenvalue weighted by atomic mass is 10.1. The SMILES string of the molecule is O=C(O)c1ccc2c(=O)[nH]c(Cc3c(F)cccc3F)nc2c1. The molecule has 0 aliphatic heterocycles. The molecular weight excluding hydrogens is 306 g/mol. The van der Waals surface area contributed by atoms with Gasteiger partial charge in [-0.1, -0.05) is 6.07 Å². The van der Waals surface area contributed by atoms with Crippen LogP contribution in [0.5, 0.6) is 0 Å². The first kappa shape index (κ1) is 14.8. The number of aromatic amines is 1. The molecule has 0 fully saturated rings. The van der Waals surface area contributed by atoms with Crippen molar-refractivity contribution in [2.24, 2.45) is 0 Å². The third-order valence-corrected chi connectivity index (χ3v) is 3.41. The van der Waals surface area contributed by atoms with Gasteiger partial charge in [-0.15, -0.1) is 0 Å². The second kappa shape index (κ2) is 5.60. The minimum absolute atomic E-state index is 0.0291. The highest BCUT2D eigenvalue weighted by atomic mass is 19.1. The average Bonchev–Trinajstić information content (AvgIpc) is 2.50. The number of aromatic carboxylic acids is 1. The molecule has 0 saturated carbocycles. The van der Waals surface area contributed by atoms with E-state index < -0.39 is 23.2 Å². The van der Waals surface area contributed by atoms with Crippen molar-refractivity contribution >= 4 is 16.9 Å². The van der Waals surface area contributed by atoms with Gasteiger partial charge in [0.05, 0.1) is 16.5 Å². The first-order valence-corrected chi connectivity index (χ1v) is 6.65. The van der Waals surface area contributed by atoms with Gasteiger partial charge in [0.1, 0.15) is 17.5 Å². The maximum Gasteiger partial charge on any atom is 0.335 e. The first-order chi connectivity index (χ1) is 11.0. The van der Waals surface area contributed by atoms with E-state index in [1.54, 1.807) is 0 Å². The number of benzene rings is 2. The lowest BCUT2D eigenvalue weighted by Crippen LogP contribution is -2.13. The second-order valence-electron chi connectivity index (χ2n) is 4.93. The highest BCUT2D eigenvalue weighted by molar-refractivity contribution is 5.92. The molecular formula is C16H10F2N2O3. The normalized spacial score (nSPS) is 10.9. The van der Waals surface area contributed by atoms with Gasteiger partial charge in [-0.2, -0.15) is 0 Å². The largest absolute Gasteiger partial charge is 0.478 e. The molecule has 0 unspecified atom stereocenters. The number of nitrogens with zero attached hydrogens (tertiary/aromatic N) is 1. The number of carbonyl (C=O) groups is 1. The summed E-state index contributed by atoms with van der Waals surface area (Å²) in [5, 5.41) is 9.18. The first-order valence-electron chi connectivity index (χ1n) is 6.65. The molecule has 23 heavy (non-hydrogen) atoms. The number of fused-ring (bicyclic) bond motifs is 1. The highest BCUT2D eigenvalue weighted by Crippen LogP contribution is 2.16. The predicted octanol–water partition coefficient (Wildman–Crippen LogP) is 2.49. The molecule has 5 nitrogen and oxygen atoms in total. The van der Waals surface area contributed by atoms with E-state index in [9.17, 15) is 18.4 Å². The van der Waals surface area contributed by atoms with Crippen LogP contribution in [-0.4, -0.2) is 21.0 Å². The van der Waals surface area contributed by atoms with Gasteiger partial charge in [0.25, 0.3) is 5.56 Å². The Morgan fingerprint density at radius 1 is 1.17 bits per heavy atom. The van der Waals surface area contributed by atoms with E-state index in [1.165, 1.54) is 24.3 Å². The summed E-state index contributed by atoms with van der Waals surface area (Å²) in [6.07, 6.45) is -0.249. The number of halogens is 2. The van der Waals surface area contributed by atoms with Crippen molar-refractivity contribution in [3.8, 4) is 0 Å². The number of carboxylic acids is 1. The van der Waals surface area contributed by atoms with Gasteiger partial charge in [-0.25, -0.2) is 18.6 Å². The van der Waals surface area contributed by atoms with Gasteiger partial charge < -0.3 is 10.1 Å². The summed E-state index contributed by atoms with van der Waals surface area (Å²) in [4.78, 5) is 29.6. The maximum absolute atomic E-state index is 13.7. The lowest BCUT2D eigenvalue weighted by molar-refractivity contribution is 0.0697. The van der Waals surface area contributed by atoms with E-state index in [4.69, 9.17) is 5.11 Å². The maximum atomic E-state index is 13.7. The predicted molar refractivity (Wildman–Crippen MR) is 78.5 cm³/mol. The van der Waals surface area contributed by atoms with Crippen molar-refractivity contribution < 1.29 is 18.7 Å². The molecule has 3 rings (SSSR count). The van der Waals surface area contributed by atoms with Gasteiger partial charge in [-0.05, 0) is 30.3 Å². The quantitative estimate of drug-likeness (QED) is 0.777. The average molecular weight is 316 g/mol. The molecule has 0 bridgehead atoms. The van der Waals surface area contributed by atoms with Crippen LogP contribution >= 0.6 is 0 Å². The van der Waals surface area contributed by atoms with E-state index in [0.717, 1.165) is 12.1 Å². The van der Waals surface area contributed by atoms with Crippen molar-refractivity contribution in [3.63, 3.8) is 0 Å². The van der Waals surface area contributed by atoms with Gasteiger partial charge in [0, 0.05) is 12.0 Å². The minimum atomic E-state index is -1.16. The van der Waals surface area contributed by atoms with Crippen molar-refractivity contribution in [1.82, 2.24) is 9.97 Å². The molecule has 7 heteroatoms. The summed E-state index contributed by atoms with van der Waals surface area (Å²) in [5.74, 6) is -2.59. The standard InChI is InChI=1S/C16H10F2N2O3/c17-11-2-1-3-12(18)10(11)7-14-19-13-6-8(16(22)23)4-5-9(13)15(21)20-14/h1-6H,7H2,(H,22,23)(H,19,20,21). The molecule has 2 aromatic carbocycles. The molecule has 3 aromatic rings. The van der Waals surface area contributed by atoms with Gasteiger partial charge >= 0.3 is 5.97 Å². The molecule has 0 aliphatic carbocycles. The van der Waals surface area contributed by atoms with Crippen LogP contribution in [0.2, 0.25) is 0 Å². The van der Waals surface area contributed by atoms with Crippen molar-refractivity contribution in [1.29, 1.82) is 0 Å². The Labute approximate surface area is 128 Å². The molecule has 0 atom stereocenters. The Bertz CT molecular complexity index is 962. The van der Waals surface area contributed by atoms with E-state index >= 15 is 0 Å². The Hall–Kier alpha value is -3.09. The molecule has 0 aliphatic rings. The molecule has 1 heterocycles. The molecule has 116 valence electrons. The van der Waals surface area contributed by atoms with Gasteiger partial charge in [-0.3, -0.25) is 4.79 Å². The zero-order chi connectivity index (χ0) is 16.6. The minimum Gasteiger partial charge on any atom is -0.478 e. The third-order valence-electron chi connectivity index (χ3n) is 3.41. The van der Waals surface area contributed by atoms with Crippen molar-refractivity contribution in [2.75, 3.05) is 0 Å². The Kier molecular flexibility index (Phi) is 3.61. The highest BCUT2D eigenvalue weighted by Gasteiger charge is 2.13. The number of nitrogens with one attached hydrogen (secondary N) is 1. The van der Waals surface area contributed by atoms with Crippen LogP contribution in [0.25, 0.3) is 10.9 Å². The summed E-state index contributed by atoms with van der Waals surface area (Å²) in [6.45, 7) is 0. The van der Waals surface area contributed by atoms with Crippen LogP contribution in [-0.2, 0) is 6.42 Å². The number of aromatic nitrogens is 2. The monoisotopic (exact) mass is 316 g/mol. The molecule has 1 aromatic heterocycles. The summed E-state index contributed by atoms with van der Waals surface area (Å²) >= 11 is 0. The fraction of sp³-hybridized carbons (Fsp3) is 0.0625. The zero-order valence-corrected chi connectivity index (χ0v) is 11.6. The van der Waals surface area contributed by atoms with E-state index in [1.807, 2.05) is 0 Å². The molecule has 0 amide bonds. The van der Waals surface area contributed by atoms with E-state index in [2.05, 4.69) is 9.97 Å². The lowest BCUT2D eigenvalue weighted by Gasteiger charge is -2.06. The Balaban J connectivity index is 2.11. The fourth-order valence-electron chi connectivity index (χ4n) is 2.27. The van der Waals surface area contributed by atoms with Crippen molar-refractivity contribution in [2.45, 2.75) is 6.42 Å². The van der Waals surface area contributed by atoms with Crippen LogP contribution in [0.15, 0.2) is 41.2 Å². The van der Waals surface area contributed by atoms with Crippen LogP contribution in [0.1, 0.15) is 21.7 Å². The van der Waals surface area contributed by atoms with Gasteiger partial charge in [0.15, 0.2) is 0 Å². The smallest absolute Gasteiger partial charge is 0.335 e. The number of hydrogen-bond acceptors (Lipinski definition) is 3. The van der Waals surface area contributed by atoms with E-state index in [0.29, 0.717) is 0 Å². The molecule has 2 N–H and O–H groups in total. The molecule has 0 saturated heterocycles. The van der Waals surface area contributed by atoms with Crippen LogP contribution < -0.4 is 5.56 Å². The number of hydrogen-bond donors (Lipinski definition) is 2. The topological polar surface area (TPSA) is 83.0 Å². The van der Waals surface area contributed by atoms with Crippen LogP contribution in [0.4, 0.5) is 8.78 Å². The summed E-state index contributed by atoms with van der Waals surface area (Å²) in [5.41, 5.74) is -0.595. The second-order valence-corrected chi connectivity index (χ2v) is 4.93. The Morgan fingerprint density at radius 3 is 2.52 bits per heavy atom. The molecule has 0 radical (unpaired) electrons. The van der Waals surface area contributed by atoms with Crippen molar-refractivity contribution in [3.05, 3.63) is 75.3 Å². The number of rotatable bonds is 3. The zero-order valence-electron chi connectivity index (χ0n) is 11.6. The Morgan fingerprint density at radius 2 is 1.87 bits per heavy atom.